The molecule has 2 atom stereocenters. The lowest BCUT2D eigenvalue weighted by molar-refractivity contribution is -0.208. The molecule has 0 rings (SSSR count). The van der Waals surface area contributed by atoms with Crippen LogP contribution in [0, 0.1) is 0 Å². The zero-order valence-electron chi connectivity index (χ0n) is 13.4. The molecule has 23 heavy (non-hydrogen) atoms. The van der Waals surface area contributed by atoms with Gasteiger partial charge < -0.3 is 25.4 Å². The summed E-state index contributed by atoms with van der Waals surface area (Å²) in [6, 6.07) is 0. The Bertz CT molecular complexity index is 360. The zero-order chi connectivity index (χ0) is 18.3. The van der Waals surface area contributed by atoms with Crippen LogP contribution in [0.1, 0.15) is 20.8 Å². The summed E-state index contributed by atoms with van der Waals surface area (Å²) in [7, 11) is 0. The van der Waals surface area contributed by atoms with Crippen LogP contribution in [-0.4, -0.2) is 83.1 Å². The van der Waals surface area contributed by atoms with Crippen LogP contribution in [0.2, 0.25) is 0 Å². The molecule has 0 radical (unpaired) electrons. The van der Waals surface area contributed by atoms with Gasteiger partial charge in [-0.15, -0.1) is 0 Å². The summed E-state index contributed by atoms with van der Waals surface area (Å²) < 4.78 is 42.1. The molecular weight excluding hydrogens is 321 g/mol. The van der Waals surface area contributed by atoms with Gasteiger partial charge in [-0.1, -0.05) is 0 Å². The molecule has 0 aliphatic carbocycles. The number of alkyl halides is 3. The quantitative estimate of drug-likeness (QED) is 0.497. The first kappa shape index (κ1) is 21.9. The topological polar surface area (TPSA) is 102 Å². The Hall–Kier alpha value is -1.10. The Balaban J connectivity index is 4.45. The first-order valence-corrected chi connectivity index (χ1v) is 7.08. The van der Waals surface area contributed by atoms with Crippen molar-refractivity contribution in [2.24, 2.45) is 0 Å². The van der Waals surface area contributed by atoms with Crippen molar-refractivity contribution in [1.82, 2.24) is 10.2 Å². The van der Waals surface area contributed by atoms with Crippen molar-refractivity contribution in [3.05, 3.63) is 0 Å². The highest BCUT2D eigenvalue weighted by atomic mass is 19.4. The molecule has 0 saturated heterocycles. The molecule has 0 aromatic rings. The van der Waals surface area contributed by atoms with E-state index in [0.717, 1.165) is 4.90 Å². The van der Waals surface area contributed by atoms with E-state index in [1.165, 1.54) is 0 Å². The average molecular weight is 346 g/mol. The standard InChI is InChI=1S/C13H25F3N2O5/c1-12(2,3)23-11(22)17-4-5-18(6-9(20)8-19)7-10(21)13(14,15)16/h9-10,19-21H,4-8H2,1-3H3,(H,17,22)/t9-,10-/m1/s1. The Labute approximate surface area is 133 Å². The molecule has 0 aliphatic heterocycles. The summed E-state index contributed by atoms with van der Waals surface area (Å²) >= 11 is 0. The third-order valence-corrected chi connectivity index (χ3v) is 2.58. The molecule has 0 heterocycles. The fraction of sp³-hybridized carbons (Fsp3) is 0.923. The summed E-state index contributed by atoms with van der Waals surface area (Å²) in [5.41, 5.74) is -0.705. The van der Waals surface area contributed by atoms with Gasteiger partial charge in [-0.2, -0.15) is 13.2 Å². The fourth-order valence-electron chi connectivity index (χ4n) is 1.59. The van der Waals surface area contributed by atoms with Crippen molar-refractivity contribution < 1.29 is 38.0 Å². The number of carbonyl (C=O) groups excluding carboxylic acids is 1. The van der Waals surface area contributed by atoms with Gasteiger partial charge in [0.1, 0.15) is 5.60 Å². The first-order valence-electron chi connectivity index (χ1n) is 7.08. The Morgan fingerprint density at radius 2 is 1.78 bits per heavy atom. The minimum atomic E-state index is -4.79. The van der Waals surface area contributed by atoms with Gasteiger partial charge in [0.05, 0.1) is 12.7 Å². The number of hydrogen-bond donors (Lipinski definition) is 4. The van der Waals surface area contributed by atoms with E-state index >= 15 is 0 Å². The van der Waals surface area contributed by atoms with E-state index < -0.39 is 43.2 Å². The summed E-state index contributed by atoms with van der Waals surface area (Å²) in [4.78, 5) is 12.5. The maximum Gasteiger partial charge on any atom is 0.415 e. The van der Waals surface area contributed by atoms with Crippen molar-refractivity contribution in [1.29, 1.82) is 0 Å². The van der Waals surface area contributed by atoms with Crippen molar-refractivity contribution >= 4 is 6.09 Å². The van der Waals surface area contributed by atoms with Gasteiger partial charge in [-0.05, 0) is 20.8 Å². The minimum absolute atomic E-state index is 0.0440. The lowest BCUT2D eigenvalue weighted by Crippen LogP contribution is -2.47. The lowest BCUT2D eigenvalue weighted by atomic mass is 10.2. The van der Waals surface area contributed by atoms with Crippen LogP contribution in [0.3, 0.4) is 0 Å². The van der Waals surface area contributed by atoms with Crippen molar-refractivity contribution in [2.45, 2.75) is 44.8 Å². The number of nitrogens with zero attached hydrogens (tertiary/aromatic N) is 1. The van der Waals surface area contributed by atoms with E-state index in [1.54, 1.807) is 20.8 Å². The number of alkyl carbamates (subject to hydrolysis) is 1. The number of halogens is 3. The molecule has 4 N–H and O–H groups in total. The highest BCUT2D eigenvalue weighted by Gasteiger charge is 2.39. The Kier molecular flexibility index (Phi) is 8.82. The van der Waals surface area contributed by atoms with Crippen LogP contribution >= 0.6 is 0 Å². The van der Waals surface area contributed by atoms with Crippen molar-refractivity contribution in [3.8, 4) is 0 Å². The van der Waals surface area contributed by atoms with Crippen LogP contribution in [0.5, 0.6) is 0 Å². The zero-order valence-corrected chi connectivity index (χ0v) is 13.4. The van der Waals surface area contributed by atoms with Crippen LogP contribution in [-0.2, 0) is 4.74 Å². The number of aliphatic hydroxyl groups is 3. The second-order valence-electron chi connectivity index (χ2n) is 6.08. The highest BCUT2D eigenvalue weighted by molar-refractivity contribution is 5.67. The van der Waals surface area contributed by atoms with E-state index in [1.807, 2.05) is 0 Å². The lowest BCUT2D eigenvalue weighted by Gasteiger charge is -2.28. The van der Waals surface area contributed by atoms with E-state index in [2.05, 4.69) is 5.32 Å². The third kappa shape index (κ3) is 11.1. The summed E-state index contributed by atoms with van der Waals surface area (Å²) in [6.07, 6.45) is -9.36. The van der Waals surface area contributed by atoms with Gasteiger partial charge in [0.2, 0.25) is 0 Å². The molecule has 0 saturated carbocycles. The average Bonchev–Trinajstić information content (AvgIpc) is 2.34. The second kappa shape index (κ2) is 9.26. The number of nitrogens with one attached hydrogen (secondary N) is 1. The summed E-state index contributed by atoms with van der Waals surface area (Å²) in [6.45, 7) is 3.19. The molecule has 0 aromatic heterocycles. The molecule has 138 valence electrons. The van der Waals surface area contributed by atoms with Gasteiger partial charge in [0.25, 0.3) is 0 Å². The smallest absolute Gasteiger partial charge is 0.415 e. The number of hydrogen-bond acceptors (Lipinski definition) is 6. The third-order valence-electron chi connectivity index (χ3n) is 2.58. The van der Waals surface area contributed by atoms with Gasteiger partial charge in [0, 0.05) is 26.2 Å². The molecule has 0 aromatic carbocycles. The number of carbonyl (C=O) groups is 1. The number of aliphatic hydroxyl groups excluding tert-OH is 3. The predicted octanol–water partition coefficient (Wildman–Crippen LogP) is 0.0895. The van der Waals surface area contributed by atoms with Crippen molar-refractivity contribution in [2.75, 3.05) is 32.8 Å². The molecule has 7 nitrogen and oxygen atoms in total. The molecule has 1 amide bonds. The monoisotopic (exact) mass is 346 g/mol. The molecule has 0 aliphatic rings. The van der Waals surface area contributed by atoms with E-state index in [-0.39, 0.29) is 19.6 Å². The minimum Gasteiger partial charge on any atom is -0.444 e. The predicted molar refractivity (Wildman–Crippen MR) is 75.8 cm³/mol. The van der Waals surface area contributed by atoms with Gasteiger partial charge in [-0.25, -0.2) is 4.79 Å². The van der Waals surface area contributed by atoms with Gasteiger partial charge in [0.15, 0.2) is 6.10 Å². The van der Waals surface area contributed by atoms with E-state index in [4.69, 9.17) is 14.9 Å². The van der Waals surface area contributed by atoms with Gasteiger partial charge in [-0.3, -0.25) is 4.90 Å². The second-order valence-corrected chi connectivity index (χ2v) is 6.08. The van der Waals surface area contributed by atoms with E-state index in [9.17, 15) is 23.1 Å². The van der Waals surface area contributed by atoms with Crippen molar-refractivity contribution in [3.63, 3.8) is 0 Å². The molecule has 10 heteroatoms. The normalized spacial score (nSPS) is 15.4. The Morgan fingerprint density at radius 1 is 1.22 bits per heavy atom. The highest BCUT2D eigenvalue weighted by Crippen LogP contribution is 2.20. The maximum absolute atomic E-state index is 12.4. The first-order chi connectivity index (χ1) is 10.3. The van der Waals surface area contributed by atoms with Crippen LogP contribution in [0.15, 0.2) is 0 Å². The molecule has 0 spiro atoms. The molecule has 0 unspecified atom stereocenters. The summed E-state index contributed by atoms with van der Waals surface area (Å²) in [5, 5.41) is 29.5. The number of rotatable bonds is 8. The maximum atomic E-state index is 12.4. The summed E-state index contributed by atoms with van der Waals surface area (Å²) in [5.74, 6) is 0. The fourth-order valence-corrected chi connectivity index (χ4v) is 1.59. The van der Waals surface area contributed by atoms with Crippen LogP contribution in [0.25, 0.3) is 0 Å². The Morgan fingerprint density at radius 3 is 2.22 bits per heavy atom. The van der Waals surface area contributed by atoms with Gasteiger partial charge >= 0.3 is 12.3 Å². The number of ether oxygens (including phenoxy) is 1. The number of amides is 1. The van der Waals surface area contributed by atoms with E-state index in [0.29, 0.717) is 0 Å². The van der Waals surface area contributed by atoms with Crippen LogP contribution in [0.4, 0.5) is 18.0 Å². The van der Waals surface area contributed by atoms with Crippen LogP contribution < -0.4 is 5.32 Å². The molecule has 0 bridgehead atoms. The molecule has 0 fully saturated rings. The largest absolute Gasteiger partial charge is 0.444 e. The SMILES string of the molecule is CC(C)(C)OC(=O)NCCN(C[C@@H](O)CO)C[C@@H](O)C(F)(F)F. The molecular formula is C13H25F3N2O5.